The normalized spacial score (nSPS) is 11.5. The van der Waals surface area contributed by atoms with Gasteiger partial charge in [-0.05, 0) is 39.3 Å². The van der Waals surface area contributed by atoms with Crippen LogP contribution in [0.3, 0.4) is 0 Å². The maximum Gasteiger partial charge on any atom is 0.230 e. The number of thioether (sulfide) groups is 1. The van der Waals surface area contributed by atoms with Gasteiger partial charge in [-0.3, -0.25) is 9.78 Å². The number of carbonyl (C=O) groups is 1. The quantitative estimate of drug-likeness (QED) is 0.823. The Morgan fingerprint density at radius 3 is 2.70 bits per heavy atom. The number of hydrogen-bond acceptors (Lipinski definition) is 5. The topological polar surface area (TPSA) is 72.7 Å². The highest BCUT2D eigenvalue weighted by atomic mass is 32.2. The maximum atomic E-state index is 12.0. The Morgan fingerprint density at radius 2 is 2.09 bits per heavy atom. The maximum absolute atomic E-state index is 12.0. The SMILES string of the molecule is CCCn1c(SCC(=O)NC(C)(C)C)nnc1-c1ccccn1. The lowest BCUT2D eigenvalue weighted by molar-refractivity contribution is -0.119. The van der Waals surface area contributed by atoms with E-state index >= 15 is 0 Å². The molecule has 0 aliphatic heterocycles. The minimum absolute atomic E-state index is 0.00654. The Hall–Kier alpha value is -1.89. The molecule has 6 nitrogen and oxygen atoms in total. The highest BCUT2D eigenvalue weighted by Gasteiger charge is 2.18. The van der Waals surface area contributed by atoms with E-state index in [2.05, 4.69) is 27.4 Å². The van der Waals surface area contributed by atoms with E-state index in [1.807, 2.05) is 43.5 Å². The molecule has 0 fully saturated rings. The Balaban J connectivity index is 2.13. The summed E-state index contributed by atoms with van der Waals surface area (Å²) in [5.41, 5.74) is 0.563. The summed E-state index contributed by atoms with van der Waals surface area (Å²) in [5.74, 6) is 1.06. The molecule has 0 radical (unpaired) electrons. The summed E-state index contributed by atoms with van der Waals surface area (Å²) >= 11 is 1.40. The summed E-state index contributed by atoms with van der Waals surface area (Å²) < 4.78 is 2.03. The van der Waals surface area contributed by atoms with E-state index in [1.54, 1.807) is 6.20 Å². The smallest absolute Gasteiger partial charge is 0.230 e. The van der Waals surface area contributed by atoms with Crippen LogP contribution in [0.1, 0.15) is 34.1 Å². The lowest BCUT2D eigenvalue weighted by Gasteiger charge is -2.20. The van der Waals surface area contributed by atoms with Crippen LogP contribution in [0.15, 0.2) is 29.6 Å². The summed E-state index contributed by atoms with van der Waals surface area (Å²) in [6.45, 7) is 8.79. The summed E-state index contributed by atoms with van der Waals surface area (Å²) in [6.07, 6.45) is 2.70. The molecule has 0 aliphatic rings. The third-order valence-corrected chi connectivity index (χ3v) is 3.87. The molecule has 2 aromatic heterocycles. The van der Waals surface area contributed by atoms with Gasteiger partial charge in [0.25, 0.3) is 0 Å². The van der Waals surface area contributed by atoms with E-state index < -0.39 is 0 Å². The van der Waals surface area contributed by atoms with Gasteiger partial charge in [-0.25, -0.2) is 0 Å². The van der Waals surface area contributed by atoms with Crippen molar-refractivity contribution < 1.29 is 4.79 Å². The Morgan fingerprint density at radius 1 is 1.30 bits per heavy atom. The predicted octanol–water partition coefficient (Wildman–Crippen LogP) is 2.76. The second-order valence-corrected chi connectivity index (χ2v) is 7.20. The summed E-state index contributed by atoms with van der Waals surface area (Å²) in [4.78, 5) is 16.3. The van der Waals surface area contributed by atoms with Crippen LogP contribution in [0.5, 0.6) is 0 Å². The number of pyridine rings is 1. The molecule has 1 N–H and O–H groups in total. The van der Waals surface area contributed by atoms with Gasteiger partial charge in [-0.15, -0.1) is 10.2 Å². The molecule has 0 bridgehead atoms. The Labute approximate surface area is 141 Å². The lowest BCUT2D eigenvalue weighted by atomic mass is 10.1. The number of rotatable bonds is 6. The van der Waals surface area contributed by atoms with Gasteiger partial charge in [0.2, 0.25) is 5.91 Å². The van der Waals surface area contributed by atoms with Crippen molar-refractivity contribution in [2.45, 2.75) is 51.4 Å². The zero-order valence-corrected chi connectivity index (χ0v) is 14.9. The highest BCUT2D eigenvalue weighted by Crippen LogP contribution is 2.23. The summed E-state index contributed by atoms with van der Waals surface area (Å²) in [6, 6.07) is 5.71. The molecule has 2 heterocycles. The van der Waals surface area contributed by atoms with Gasteiger partial charge in [0.05, 0.1) is 5.75 Å². The largest absolute Gasteiger partial charge is 0.351 e. The number of hydrogen-bond donors (Lipinski definition) is 1. The number of nitrogens with one attached hydrogen (secondary N) is 1. The first-order chi connectivity index (χ1) is 10.9. The minimum atomic E-state index is -0.228. The van der Waals surface area contributed by atoms with E-state index in [4.69, 9.17) is 0 Å². The summed E-state index contributed by atoms with van der Waals surface area (Å²) in [5, 5.41) is 12.2. The molecule has 0 aliphatic carbocycles. The van der Waals surface area contributed by atoms with Gasteiger partial charge in [-0.1, -0.05) is 24.8 Å². The van der Waals surface area contributed by atoms with E-state index in [1.165, 1.54) is 11.8 Å². The lowest BCUT2D eigenvalue weighted by Crippen LogP contribution is -2.41. The zero-order valence-electron chi connectivity index (χ0n) is 14.0. The Kier molecular flexibility index (Phi) is 5.76. The van der Waals surface area contributed by atoms with Crippen molar-refractivity contribution in [3.05, 3.63) is 24.4 Å². The average Bonchev–Trinajstić information content (AvgIpc) is 2.88. The van der Waals surface area contributed by atoms with Crippen LogP contribution in [0.2, 0.25) is 0 Å². The van der Waals surface area contributed by atoms with Crippen molar-refractivity contribution in [3.8, 4) is 11.5 Å². The molecule has 0 aromatic carbocycles. The van der Waals surface area contributed by atoms with Gasteiger partial charge in [0.15, 0.2) is 11.0 Å². The first-order valence-corrected chi connectivity index (χ1v) is 8.67. The molecule has 0 saturated heterocycles. The fourth-order valence-corrected chi connectivity index (χ4v) is 2.85. The van der Waals surface area contributed by atoms with E-state index in [0.29, 0.717) is 5.75 Å². The van der Waals surface area contributed by atoms with Gasteiger partial charge in [-0.2, -0.15) is 0 Å². The number of aromatic nitrogens is 4. The van der Waals surface area contributed by atoms with Crippen LogP contribution in [-0.4, -0.2) is 36.9 Å². The van der Waals surface area contributed by atoms with Crippen molar-refractivity contribution in [3.63, 3.8) is 0 Å². The van der Waals surface area contributed by atoms with E-state index in [0.717, 1.165) is 29.6 Å². The van der Waals surface area contributed by atoms with Crippen molar-refractivity contribution in [2.75, 3.05) is 5.75 Å². The predicted molar refractivity (Wildman–Crippen MR) is 92.2 cm³/mol. The molecule has 0 atom stereocenters. The van der Waals surface area contributed by atoms with Crippen LogP contribution in [0.4, 0.5) is 0 Å². The molecule has 0 unspecified atom stereocenters. The van der Waals surface area contributed by atoms with Gasteiger partial charge in [0.1, 0.15) is 5.69 Å². The van der Waals surface area contributed by atoms with E-state index in [-0.39, 0.29) is 11.4 Å². The zero-order chi connectivity index (χ0) is 16.9. The molecular formula is C16H23N5OS. The summed E-state index contributed by atoms with van der Waals surface area (Å²) in [7, 11) is 0. The van der Waals surface area contributed by atoms with Crippen LogP contribution >= 0.6 is 11.8 Å². The first kappa shape index (κ1) is 17.5. The standard InChI is InChI=1S/C16H23N5OS/c1-5-10-21-14(12-8-6-7-9-17-12)19-20-15(21)23-11-13(22)18-16(2,3)4/h6-9H,5,10-11H2,1-4H3,(H,18,22). The number of amides is 1. The molecule has 23 heavy (non-hydrogen) atoms. The Bertz CT molecular complexity index is 648. The number of carbonyl (C=O) groups excluding carboxylic acids is 1. The van der Waals surface area contributed by atoms with Gasteiger partial charge >= 0.3 is 0 Å². The molecule has 2 rings (SSSR count). The highest BCUT2D eigenvalue weighted by molar-refractivity contribution is 7.99. The van der Waals surface area contributed by atoms with E-state index in [9.17, 15) is 4.79 Å². The second kappa shape index (κ2) is 7.59. The van der Waals surface area contributed by atoms with Crippen molar-refractivity contribution in [1.82, 2.24) is 25.1 Å². The monoisotopic (exact) mass is 333 g/mol. The fraction of sp³-hybridized carbons (Fsp3) is 0.500. The van der Waals surface area contributed by atoms with Crippen molar-refractivity contribution in [2.24, 2.45) is 0 Å². The fourth-order valence-electron chi connectivity index (χ4n) is 2.09. The molecular weight excluding hydrogens is 310 g/mol. The van der Waals surface area contributed by atoms with Gasteiger partial charge < -0.3 is 9.88 Å². The van der Waals surface area contributed by atoms with Crippen LogP contribution in [0.25, 0.3) is 11.5 Å². The third kappa shape index (κ3) is 5.06. The van der Waals surface area contributed by atoms with Crippen LogP contribution in [-0.2, 0) is 11.3 Å². The molecule has 2 aromatic rings. The third-order valence-electron chi connectivity index (χ3n) is 2.90. The van der Waals surface area contributed by atoms with Crippen LogP contribution in [0, 0.1) is 0 Å². The number of nitrogens with zero attached hydrogens (tertiary/aromatic N) is 4. The van der Waals surface area contributed by atoms with Crippen LogP contribution < -0.4 is 5.32 Å². The molecule has 0 spiro atoms. The van der Waals surface area contributed by atoms with Gasteiger partial charge in [0, 0.05) is 18.3 Å². The molecule has 1 amide bonds. The second-order valence-electron chi connectivity index (χ2n) is 6.26. The molecule has 0 saturated carbocycles. The molecule has 7 heteroatoms. The molecule has 124 valence electrons. The van der Waals surface area contributed by atoms with Crippen molar-refractivity contribution in [1.29, 1.82) is 0 Å². The van der Waals surface area contributed by atoms with Crippen molar-refractivity contribution >= 4 is 17.7 Å². The first-order valence-electron chi connectivity index (χ1n) is 7.69. The average molecular weight is 333 g/mol. The minimum Gasteiger partial charge on any atom is -0.351 e.